The predicted octanol–water partition coefficient (Wildman–Crippen LogP) is 2.83. The highest BCUT2D eigenvalue weighted by Crippen LogP contribution is 2.24. The standard InChI is InChI=1S/C12H14FNO2S/c13-9-2-1-3-10(11(9)12(15)16)14-8-4-6-17-7-5-8/h1-3,8,14H,4-7H2,(H,15,16). The minimum Gasteiger partial charge on any atom is -0.478 e. The predicted molar refractivity (Wildman–Crippen MR) is 67.3 cm³/mol. The van der Waals surface area contributed by atoms with Crippen molar-refractivity contribution in [3.8, 4) is 0 Å². The van der Waals surface area contributed by atoms with Crippen molar-refractivity contribution in [3.05, 3.63) is 29.6 Å². The Hall–Kier alpha value is -1.23. The SMILES string of the molecule is O=C(O)c1c(F)cccc1NC1CCSCC1. The maximum atomic E-state index is 13.4. The molecule has 0 aliphatic carbocycles. The van der Waals surface area contributed by atoms with Crippen molar-refractivity contribution in [2.24, 2.45) is 0 Å². The van der Waals surface area contributed by atoms with Crippen molar-refractivity contribution in [1.29, 1.82) is 0 Å². The van der Waals surface area contributed by atoms with Crippen LogP contribution in [0.5, 0.6) is 0 Å². The van der Waals surface area contributed by atoms with Crippen molar-refractivity contribution < 1.29 is 14.3 Å². The molecule has 1 aliphatic heterocycles. The zero-order valence-electron chi connectivity index (χ0n) is 9.28. The molecule has 2 rings (SSSR count). The average molecular weight is 255 g/mol. The molecule has 0 radical (unpaired) electrons. The van der Waals surface area contributed by atoms with Gasteiger partial charge in [0.1, 0.15) is 11.4 Å². The van der Waals surface area contributed by atoms with Gasteiger partial charge in [-0.05, 0) is 36.5 Å². The summed E-state index contributed by atoms with van der Waals surface area (Å²) in [5.41, 5.74) is 0.125. The van der Waals surface area contributed by atoms with E-state index in [0.717, 1.165) is 24.3 Å². The largest absolute Gasteiger partial charge is 0.478 e. The second kappa shape index (κ2) is 5.40. The Morgan fingerprint density at radius 2 is 2.12 bits per heavy atom. The summed E-state index contributed by atoms with van der Waals surface area (Å²) in [5.74, 6) is 0.216. The first kappa shape index (κ1) is 12.2. The summed E-state index contributed by atoms with van der Waals surface area (Å²) < 4.78 is 13.4. The van der Waals surface area contributed by atoms with Gasteiger partial charge in [0.2, 0.25) is 0 Å². The number of aromatic carboxylic acids is 1. The van der Waals surface area contributed by atoms with Gasteiger partial charge in [0.05, 0.1) is 5.69 Å². The summed E-state index contributed by atoms with van der Waals surface area (Å²) in [6, 6.07) is 4.57. The smallest absolute Gasteiger partial charge is 0.340 e. The third-order valence-corrected chi connectivity index (χ3v) is 3.86. The lowest BCUT2D eigenvalue weighted by Gasteiger charge is -2.24. The molecule has 1 aliphatic rings. The van der Waals surface area contributed by atoms with E-state index >= 15 is 0 Å². The van der Waals surface area contributed by atoms with Crippen LogP contribution in [0.2, 0.25) is 0 Å². The van der Waals surface area contributed by atoms with E-state index < -0.39 is 11.8 Å². The summed E-state index contributed by atoms with van der Waals surface area (Å²) in [5, 5.41) is 12.1. The molecule has 0 saturated carbocycles. The monoisotopic (exact) mass is 255 g/mol. The van der Waals surface area contributed by atoms with E-state index in [9.17, 15) is 9.18 Å². The highest BCUT2D eigenvalue weighted by molar-refractivity contribution is 7.99. The summed E-state index contributed by atoms with van der Waals surface area (Å²) in [6.07, 6.45) is 1.97. The van der Waals surface area contributed by atoms with Crippen LogP contribution in [-0.2, 0) is 0 Å². The second-order valence-corrected chi connectivity index (χ2v) is 5.22. The molecule has 0 atom stereocenters. The number of anilines is 1. The third-order valence-electron chi connectivity index (χ3n) is 2.81. The van der Waals surface area contributed by atoms with Gasteiger partial charge >= 0.3 is 5.97 Å². The van der Waals surface area contributed by atoms with Crippen LogP contribution in [0.4, 0.5) is 10.1 Å². The van der Waals surface area contributed by atoms with Gasteiger partial charge < -0.3 is 10.4 Å². The number of thioether (sulfide) groups is 1. The van der Waals surface area contributed by atoms with E-state index in [-0.39, 0.29) is 11.6 Å². The van der Waals surface area contributed by atoms with Crippen molar-refractivity contribution in [3.63, 3.8) is 0 Å². The Bertz CT molecular complexity index is 419. The molecule has 1 fully saturated rings. The van der Waals surface area contributed by atoms with Gasteiger partial charge in [-0.2, -0.15) is 11.8 Å². The summed E-state index contributed by atoms with van der Waals surface area (Å²) in [4.78, 5) is 11.0. The molecule has 0 spiro atoms. The molecular weight excluding hydrogens is 241 g/mol. The van der Waals surface area contributed by atoms with E-state index in [4.69, 9.17) is 5.11 Å². The van der Waals surface area contributed by atoms with E-state index in [1.165, 1.54) is 12.1 Å². The number of halogens is 1. The van der Waals surface area contributed by atoms with E-state index in [1.54, 1.807) is 6.07 Å². The number of carboxylic acids is 1. The topological polar surface area (TPSA) is 49.3 Å². The molecule has 1 aromatic rings. The lowest BCUT2D eigenvalue weighted by atomic mass is 10.1. The number of rotatable bonds is 3. The minimum absolute atomic E-state index is 0.246. The van der Waals surface area contributed by atoms with Gasteiger partial charge in [0.25, 0.3) is 0 Å². The normalized spacial score (nSPS) is 16.8. The molecule has 0 unspecified atom stereocenters. The number of hydrogen-bond donors (Lipinski definition) is 2. The van der Waals surface area contributed by atoms with Gasteiger partial charge in [-0.3, -0.25) is 0 Å². The molecule has 1 heterocycles. The van der Waals surface area contributed by atoms with Crippen LogP contribution >= 0.6 is 11.8 Å². The van der Waals surface area contributed by atoms with Crippen LogP contribution in [-0.4, -0.2) is 28.6 Å². The molecule has 92 valence electrons. The maximum absolute atomic E-state index is 13.4. The fourth-order valence-electron chi connectivity index (χ4n) is 1.92. The van der Waals surface area contributed by atoms with Gasteiger partial charge in [0, 0.05) is 6.04 Å². The Kier molecular flexibility index (Phi) is 3.89. The maximum Gasteiger partial charge on any atom is 0.340 e. The summed E-state index contributed by atoms with van der Waals surface area (Å²) >= 11 is 1.89. The van der Waals surface area contributed by atoms with Crippen LogP contribution < -0.4 is 5.32 Å². The van der Waals surface area contributed by atoms with Gasteiger partial charge in [-0.1, -0.05) is 6.07 Å². The fraction of sp³-hybridized carbons (Fsp3) is 0.417. The number of carboxylic acid groups (broad SMARTS) is 1. The lowest BCUT2D eigenvalue weighted by molar-refractivity contribution is 0.0693. The highest BCUT2D eigenvalue weighted by Gasteiger charge is 2.19. The van der Waals surface area contributed by atoms with Crippen LogP contribution in [0.15, 0.2) is 18.2 Å². The zero-order chi connectivity index (χ0) is 12.3. The fourth-order valence-corrected chi connectivity index (χ4v) is 3.03. The summed E-state index contributed by atoms with van der Waals surface area (Å²) in [6.45, 7) is 0. The lowest BCUT2D eigenvalue weighted by Crippen LogP contribution is -2.25. The van der Waals surface area contributed by atoms with Crippen LogP contribution in [0.3, 0.4) is 0 Å². The molecule has 17 heavy (non-hydrogen) atoms. The van der Waals surface area contributed by atoms with E-state index in [2.05, 4.69) is 5.32 Å². The molecule has 0 aromatic heterocycles. The van der Waals surface area contributed by atoms with Crippen LogP contribution in [0.1, 0.15) is 23.2 Å². The zero-order valence-corrected chi connectivity index (χ0v) is 10.1. The molecule has 0 bridgehead atoms. The Morgan fingerprint density at radius 3 is 2.76 bits per heavy atom. The first-order valence-corrected chi connectivity index (χ1v) is 6.70. The number of benzene rings is 1. The molecule has 2 N–H and O–H groups in total. The van der Waals surface area contributed by atoms with Crippen molar-refractivity contribution in [2.75, 3.05) is 16.8 Å². The Balaban J connectivity index is 2.19. The Morgan fingerprint density at radius 1 is 1.41 bits per heavy atom. The third kappa shape index (κ3) is 2.91. The van der Waals surface area contributed by atoms with Gasteiger partial charge in [0.15, 0.2) is 0 Å². The number of hydrogen-bond acceptors (Lipinski definition) is 3. The van der Waals surface area contributed by atoms with Crippen molar-refractivity contribution >= 4 is 23.4 Å². The van der Waals surface area contributed by atoms with Crippen LogP contribution in [0, 0.1) is 5.82 Å². The molecule has 0 amide bonds. The first-order chi connectivity index (χ1) is 8.18. The Labute approximate surface area is 103 Å². The van der Waals surface area contributed by atoms with Crippen molar-refractivity contribution in [2.45, 2.75) is 18.9 Å². The summed E-state index contributed by atoms with van der Waals surface area (Å²) in [7, 11) is 0. The first-order valence-electron chi connectivity index (χ1n) is 5.54. The molecule has 3 nitrogen and oxygen atoms in total. The molecular formula is C12H14FNO2S. The second-order valence-electron chi connectivity index (χ2n) is 4.00. The minimum atomic E-state index is -1.23. The highest BCUT2D eigenvalue weighted by atomic mass is 32.2. The molecule has 1 saturated heterocycles. The van der Waals surface area contributed by atoms with Crippen LogP contribution in [0.25, 0.3) is 0 Å². The quantitative estimate of drug-likeness (QED) is 0.872. The molecule has 1 aromatic carbocycles. The van der Waals surface area contributed by atoms with E-state index in [0.29, 0.717) is 5.69 Å². The number of carbonyl (C=O) groups is 1. The van der Waals surface area contributed by atoms with Gasteiger partial charge in [-0.15, -0.1) is 0 Å². The molecule has 5 heteroatoms. The van der Waals surface area contributed by atoms with Gasteiger partial charge in [-0.25, -0.2) is 9.18 Å². The number of nitrogens with one attached hydrogen (secondary N) is 1. The average Bonchev–Trinajstić information content (AvgIpc) is 2.30. The van der Waals surface area contributed by atoms with E-state index in [1.807, 2.05) is 11.8 Å². The van der Waals surface area contributed by atoms with Crippen molar-refractivity contribution in [1.82, 2.24) is 0 Å².